The Balaban J connectivity index is 2.29. The average molecular weight is 281 g/mol. The van der Waals surface area contributed by atoms with E-state index in [-0.39, 0.29) is 23.3 Å². The van der Waals surface area contributed by atoms with Crippen LogP contribution in [-0.4, -0.2) is 39.7 Å². The minimum Gasteiger partial charge on any atom is -0.468 e. The summed E-state index contributed by atoms with van der Waals surface area (Å²) >= 11 is 0. The Morgan fingerprint density at radius 3 is 2.70 bits per heavy atom. The van der Waals surface area contributed by atoms with Crippen LogP contribution >= 0.6 is 0 Å². The molecule has 0 saturated carbocycles. The number of hydrogen-bond donors (Lipinski definition) is 0. The number of carbonyl (C=O) groups excluding carboxylic acids is 1. The molecule has 1 aliphatic heterocycles. The monoisotopic (exact) mass is 281 g/mol. The van der Waals surface area contributed by atoms with E-state index in [2.05, 4.69) is 0 Å². The van der Waals surface area contributed by atoms with Crippen molar-refractivity contribution in [3.63, 3.8) is 0 Å². The smallest absolute Gasteiger partial charge is 0.330 e. The fourth-order valence-electron chi connectivity index (χ4n) is 2.56. The Labute approximate surface area is 116 Å². The number of carbonyl (C=O) groups is 1. The summed E-state index contributed by atoms with van der Waals surface area (Å²) in [4.78, 5) is 37.2. The van der Waals surface area contributed by atoms with Crippen LogP contribution < -0.4 is 11.2 Å². The Kier molecular flexibility index (Phi) is 4.08. The number of hydrogen-bond acceptors (Lipinski definition) is 5. The van der Waals surface area contributed by atoms with E-state index >= 15 is 0 Å². The van der Waals surface area contributed by atoms with Gasteiger partial charge in [0.2, 0.25) is 0 Å². The Morgan fingerprint density at radius 2 is 2.05 bits per heavy atom. The van der Waals surface area contributed by atoms with Crippen LogP contribution in [0.15, 0.2) is 15.7 Å². The Hall–Kier alpha value is -1.89. The zero-order chi connectivity index (χ0) is 14.9. The van der Waals surface area contributed by atoms with Gasteiger partial charge in [-0.15, -0.1) is 0 Å². The van der Waals surface area contributed by atoms with E-state index in [0.29, 0.717) is 12.2 Å². The highest BCUT2D eigenvalue weighted by atomic mass is 16.5. The fourth-order valence-corrected chi connectivity index (χ4v) is 2.56. The van der Waals surface area contributed by atoms with Gasteiger partial charge in [0.25, 0.3) is 5.56 Å². The predicted molar refractivity (Wildman–Crippen MR) is 72.4 cm³/mol. The highest BCUT2D eigenvalue weighted by Crippen LogP contribution is 2.20. The lowest BCUT2D eigenvalue weighted by Gasteiger charge is -2.23. The molecule has 20 heavy (non-hydrogen) atoms. The minimum absolute atomic E-state index is 0.267. The molecule has 1 aliphatic rings. The molecule has 0 radical (unpaired) electrons. The van der Waals surface area contributed by atoms with Crippen LogP contribution in [0.1, 0.15) is 18.5 Å². The molecule has 0 aromatic carbocycles. The first-order valence-electron chi connectivity index (χ1n) is 6.53. The van der Waals surface area contributed by atoms with Crippen molar-refractivity contribution in [2.45, 2.75) is 25.4 Å². The van der Waals surface area contributed by atoms with E-state index in [1.807, 2.05) is 4.90 Å². The van der Waals surface area contributed by atoms with Gasteiger partial charge in [0.1, 0.15) is 6.04 Å². The third-order valence-corrected chi connectivity index (χ3v) is 3.83. The molecule has 1 atom stereocenters. The Bertz CT molecular complexity index is 631. The molecular weight excluding hydrogens is 262 g/mol. The molecule has 0 spiro atoms. The SMILES string of the molecule is COC(=O)C1CCCN1Cc1cc(=O)n(C)c(=O)n1C. The molecule has 0 bridgehead atoms. The van der Waals surface area contributed by atoms with Crippen molar-refractivity contribution in [2.75, 3.05) is 13.7 Å². The van der Waals surface area contributed by atoms with Crippen LogP contribution in [0, 0.1) is 0 Å². The van der Waals surface area contributed by atoms with Gasteiger partial charge < -0.3 is 4.74 Å². The molecule has 2 rings (SSSR count). The van der Waals surface area contributed by atoms with Crippen molar-refractivity contribution in [3.05, 3.63) is 32.6 Å². The molecule has 110 valence electrons. The van der Waals surface area contributed by atoms with Crippen LogP contribution in [-0.2, 0) is 30.2 Å². The first-order chi connectivity index (χ1) is 9.45. The largest absolute Gasteiger partial charge is 0.468 e. The van der Waals surface area contributed by atoms with Gasteiger partial charge in [0, 0.05) is 32.4 Å². The Morgan fingerprint density at radius 1 is 1.35 bits per heavy atom. The molecule has 1 fully saturated rings. The molecule has 1 aromatic heterocycles. The first kappa shape index (κ1) is 14.5. The van der Waals surface area contributed by atoms with Crippen molar-refractivity contribution in [3.8, 4) is 0 Å². The molecule has 7 nitrogen and oxygen atoms in total. The van der Waals surface area contributed by atoms with Gasteiger partial charge >= 0.3 is 11.7 Å². The highest BCUT2D eigenvalue weighted by molar-refractivity contribution is 5.75. The van der Waals surface area contributed by atoms with E-state index in [0.717, 1.165) is 24.0 Å². The zero-order valence-electron chi connectivity index (χ0n) is 12.0. The first-order valence-corrected chi connectivity index (χ1v) is 6.53. The molecule has 0 aliphatic carbocycles. The van der Waals surface area contributed by atoms with E-state index in [9.17, 15) is 14.4 Å². The number of esters is 1. The second-order valence-electron chi connectivity index (χ2n) is 5.03. The topological polar surface area (TPSA) is 73.5 Å². The lowest BCUT2D eigenvalue weighted by Crippen LogP contribution is -2.41. The number of aromatic nitrogens is 2. The zero-order valence-corrected chi connectivity index (χ0v) is 12.0. The standard InChI is InChI=1S/C13H19N3O4/c1-14-9(7-11(17)15(2)13(14)19)8-16-6-4-5-10(16)12(18)20-3/h7,10H,4-6,8H2,1-3H3. The third-order valence-electron chi connectivity index (χ3n) is 3.83. The normalized spacial score (nSPS) is 19.2. The second kappa shape index (κ2) is 5.62. The van der Waals surface area contributed by atoms with E-state index in [1.54, 1.807) is 7.05 Å². The molecule has 0 amide bonds. The molecule has 1 saturated heterocycles. The van der Waals surface area contributed by atoms with Crippen molar-refractivity contribution in [1.82, 2.24) is 14.0 Å². The quantitative estimate of drug-likeness (QED) is 0.680. The number of likely N-dealkylation sites (tertiary alicyclic amines) is 1. The summed E-state index contributed by atoms with van der Waals surface area (Å²) in [7, 11) is 4.44. The summed E-state index contributed by atoms with van der Waals surface area (Å²) in [6.07, 6.45) is 1.64. The van der Waals surface area contributed by atoms with Crippen LogP contribution in [0.3, 0.4) is 0 Å². The summed E-state index contributed by atoms with van der Waals surface area (Å²) in [5.74, 6) is -0.267. The highest BCUT2D eigenvalue weighted by Gasteiger charge is 2.31. The van der Waals surface area contributed by atoms with Gasteiger partial charge in [-0.05, 0) is 19.4 Å². The predicted octanol–water partition coefficient (Wildman–Crippen LogP) is -0.779. The maximum absolute atomic E-state index is 11.9. The molecular formula is C13H19N3O4. The van der Waals surface area contributed by atoms with E-state index in [4.69, 9.17) is 4.74 Å². The molecule has 0 N–H and O–H groups in total. The molecule has 7 heteroatoms. The van der Waals surface area contributed by atoms with Gasteiger partial charge in [0.15, 0.2) is 0 Å². The molecule has 2 heterocycles. The van der Waals surface area contributed by atoms with Crippen molar-refractivity contribution < 1.29 is 9.53 Å². The van der Waals surface area contributed by atoms with Crippen LogP contribution in [0.2, 0.25) is 0 Å². The maximum atomic E-state index is 11.9. The van der Waals surface area contributed by atoms with Crippen molar-refractivity contribution in [1.29, 1.82) is 0 Å². The number of nitrogens with zero attached hydrogens (tertiary/aromatic N) is 3. The van der Waals surface area contributed by atoms with Crippen molar-refractivity contribution >= 4 is 5.97 Å². The van der Waals surface area contributed by atoms with Gasteiger partial charge in [-0.1, -0.05) is 0 Å². The fraction of sp³-hybridized carbons (Fsp3) is 0.615. The van der Waals surface area contributed by atoms with Gasteiger partial charge in [-0.2, -0.15) is 0 Å². The summed E-state index contributed by atoms with van der Waals surface area (Å²) < 4.78 is 7.28. The van der Waals surface area contributed by atoms with Crippen LogP contribution in [0.5, 0.6) is 0 Å². The van der Waals surface area contributed by atoms with Crippen LogP contribution in [0.25, 0.3) is 0 Å². The van der Waals surface area contributed by atoms with Gasteiger partial charge in [-0.25, -0.2) is 4.79 Å². The second-order valence-corrected chi connectivity index (χ2v) is 5.03. The molecule has 1 aromatic rings. The third kappa shape index (κ3) is 2.53. The molecule has 1 unspecified atom stereocenters. The van der Waals surface area contributed by atoms with E-state index < -0.39 is 0 Å². The van der Waals surface area contributed by atoms with Crippen molar-refractivity contribution in [2.24, 2.45) is 14.1 Å². The van der Waals surface area contributed by atoms with E-state index in [1.165, 1.54) is 24.8 Å². The maximum Gasteiger partial charge on any atom is 0.330 e. The number of rotatable bonds is 3. The van der Waals surface area contributed by atoms with Gasteiger partial charge in [-0.3, -0.25) is 23.6 Å². The summed E-state index contributed by atoms with van der Waals surface area (Å²) in [6, 6.07) is 1.15. The summed E-state index contributed by atoms with van der Waals surface area (Å²) in [5, 5.41) is 0. The lowest BCUT2D eigenvalue weighted by atomic mass is 10.2. The minimum atomic E-state index is -0.360. The lowest BCUT2D eigenvalue weighted by molar-refractivity contribution is -0.146. The number of methoxy groups -OCH3 is 1. The van der Waals surface area contributed by atoms with Gasteiger partial charge in [0.05, 0.1) is 7.11 Å². The summed E-state index contributed by atoms with van der Waals surface area (Å²) in [6.45, 7) is 1.14. The van der Waals surface area contributed by atoms with Crippen LogP contribution in [0.4, 0.5) is 0 Å². The number of ether oxygens (including phenoxy) is 1. The summed E-state index contributed by atoms with van der Waals surface area (Å²) in [5.41, 5.74) is -0.0906. The average Bonchev–Trinajstić information content (AvgIpc) is 2.89.